The number of anilines is 2. The van der Waals surface area contributed by atoms with Crippen LogP contribution in [0.4, 0.5) is 20.5 Å². The molecule has 0 aliphatic carbocycles. The van der Waals surface area contributed by atoms with Crippen LogP contribution in [-0.4, -0.2) is 38.1 Å². The Balaban J connectivity index is 0.00000169. The van der Waals surface area contributed by atoms with Crippen molar-refractivity contribution in [3.63, 3.8) is 0 Å². The number of hydrogen-bond acceptors (Lipinski definition) is 7. The first-order valence-corrected chi connectivity index (χ1v) is 11.6. The van der Waals surface area contributed by atoms with Crippen LogP contribution in [0.5, 0.6) is 0 Å². The number of benzene rings is 1. The maximum absolute atomic E-state index is 14.9. The van der Waals surface area contributed by atoms with Crippen LogP contribution in [0.25, 0.3) is 22.2 Å². The largest absolute Gasteiger partial charge is 0.386 e. The van der Waals surface area contributed by atoms with Crippen LogP contribution in [0, 0.1) is 11.6 Å². The van der Waals surface area contributed by atoms with Gasteiger partial charge in [0.2, 0.25) is 5.95 Å². The minimum Gasteiger partial charge on any atom is -0.386 e. The molecule has 1 aliphatic rings. The van der Waals surface area contributed by atoms with Gasteiger partial charge in [0.25, 0.3) is 0 Å². The quantitative estimate of drug-likeness (QED) is 0.262. The number of aliphatic hydroxyl groups is 1. The topological polar surface area (TPSA) is 95.9 Å². The molecule has 1 aromatic carbocycles. The maximum Gasteiger partial charge on any atom is 0.229 e. The van der Waals surface area contributed by atoms with Gasteiger partial charge in [0, 0.05) is 23.3 Å². The predicted octanol–water partition coefficient (Wildman–Crippen LogP) is 6.07. The molecule has 4 heterocycles. The average Bonchev–Trinajstić information content (AvgIpc) is 2.85. The third-order valence-electron chi connectivity index (χ3n) is 6.31. The summed E-state index contributed by atoms with van der Waals surface area (Å²) in [6.07, 6.45) is 6.47. The molecule has 1 saturated heterocycles. The van der Waals surface area contributed by atoms with Gasteiger partial charge in [-0.05, 0) is 81.1 Å². The summed E-state index contributed by atoms with van der Waals surface area (Å²) in [5.74, 6) is -0.183. The van der Waals surface area contributed by atoms with E-state index in [1.54, 1.807) is 26.0 Å². The van der Waals surface area contributed by atoms with Crippen molar-refractivity contribution in [3.05, 3.63) is 71.7 Å². The molecule has 0 radical (unpaired) electrons. The number of piperidine rings is 1. The number of pyridine rings is 2. The lowest BCUT2D eigenvalue weighted by molar-refractivity contribution is 0.0801. The van der Waals surface area contributed by atoms with Gasteiger partial charge < -0.3 is 15.7 Å². The molecule has 1 fully saturated rings. The van der Waals surface area contributed by atoms with Crippen LogP contribution < -0.4 is 10.6 Å². The Morgan fingerprint density at radius 3 is 2.34 bits per heavy atom. The highest BCUT2D eigenvalue weighted by Gasteiger charge is 2.22. The fourth-order valence-corrected chi connectivity index (χ4v) is 4.50. The van der Waals surface area contributed by atoms with Crippen LogP contribution in [0.15, 0.2) is 48.9 Å². The molecule has 0 unspecified atom stereocenters. The Morgan fingerprint density at radius 1 is 0.947 bits per heavy atom. The zero-order chi connectivity index (χ0) is 24.6. The molecular formula is C26H29Cl3F2N6O. The summed E-state index contributed by atoms with van der Waals surface area (Å²) in [4.78, 5) is 16.9. The van der Waals surface area contributed by atoms with Crippen molar-refractivity contribution in [2.24, 2.45) is 0 Å². The van der Waals surface area contributed by atoms with Gasteiger partial charge in [0.05, 0.1) is 11.8 Å². The number of fused-ring (bicyclic) bond motifs is 1. The van der Waals surface area contributed by atoms with E-state index in [9.17, 15) is 13.9 Å². The molecule has 0 amide bonds. The van der Waals surface area contributed by atoms with Crippen molar-refractivity contribution in [2.75, 3.05) is 18.4 Å². The second-order valence-corrected chi connectivity index (χ2v) is 9.29. The van der Waals surface area contributed by atoms with Gasteiger partial charge in [-0.15, -0.1) is 37.2 Å². The molecule has 0 spiro atoms. The Hall–Kier alpha value is -2.69. The lowest BCUT2D eigenvalue weighted by atomic mass is 9.91. The molecule has 4 aromatic rings. The number of hydrogen-bond donors (Lipinski definition) is 3. The van der Waals surface area contributed by atoms with Crippen LogP contribution in [0.2, 0.25) is 0 Å². The summed E-state index contributed by atoms with van der Waals surface area (Å²) in [5.41, 5.74) is 0.662. The van der Waals surface area contributed by atoms with E-state index in [0.717, 1.165) is 32.1 Å². The van der Waals surface area contributed by atoms with Crippen LogP contribution in [0.1, 0.15) is 43.7 Å². The summed E-state index contributed by atoms with van der Waals surface area (Å²) in [5, 5.41) is 17.3. The molecule has 5 rings (SSSR count). The Morgan fingerprint density at radius 2 is 1.68 bits per heavy atom. The molecule has 0 saturated carbocycles. The van der Waals surface area contributed by atoms with Gasteiger partial charge in [0.1, 0.15) is 22.8 Å². The average molecular weight is 586 g/mol. The van der Waals surface area contributed by atoms with E-state index in [1.807, 2.05) is 18.3 Å². The smallest absolute Gasteiger partial charge is 0.229 e. The van der Waals surface area contributed by atoms with Crippen LogP contribution >= 0.6 is 37.2 Å². The summed E-state index contributed by atoms with van der Waals surface area (Å²) in [7, 11) is 0. The predicted molar refractivity (Wildman–Crippen MR) is 152 cm³/mol. The first kappa shape index (κ1) is 31.5. The molecule has 38 heavy (non-hydrogen) atoms. The minimum atomic E-state index is -1.24. The molecule has 204 valence electrons. The normalized spacial score (nSPS) is 13.7. The number of rotatable bonds is 5. The maximum atomic E-state index is 14.9. The van der Waals surface area contributed by atoms with Crippen molar-refractivity contribution in [1.82, 2.24) is 25.3 Å². The van der Waals surface area contributed by atoms with Crippen molar-refractivity contribution in [3.8, 4) is 11.3 Å². The van der Waals surface area contributed by atoms with E-state index in [1.165, 1.54) is 17.8 Å². The minimum absolute atomic E-state index is 0. The highest BCUT2D eigenvalue weighted by molar-refractivity contribution is 5.88. The van der Waals surface area contributed by atoms with Crippen LogP contribution in [0.3, 0.4) is 0 Å². The van der Waals surface area contributed by atoms with Gasteiger partial charge in [-0.3, -0.25) is 4.98 Å². The number of halogens is 5. The first-order valence-electron chi connectivity index (χ1n) is 11.6. The zero-order valence-electron chi connectivity index (χ0n) is 20.7. The molecule has 0 bridgehead atoms. The van der Waals surface area contributed by atoms with Crippen LogP contribution in [-0.2, 0) is 5.60 Å². The first-order chi connectivity index (χ1) is 16.8. The molecule has 3 N–H and O–H groups in total. The SMILES string of the molecule is CC(C)(O)c1ccnc2c(F)cc(-c3nc(Nc4ccc(C5CCNCC5)cn4)ncc3F)cc12.Cl.Cl.Cl. The third kappa shape index (κ3) is 6.65. The van der Waals surface area contributed by atoms with Crippen molar-refractivity contribution in [2.45, 2.75) is 38.2 Å². The summed E-state index contributed by atoms with van der Waals surface area (Å²) >= 11 is 0. The fourth-order valence-electron chi connectivity index (χ4n) is 4.50. The van der Waals surface area contributed by atoms with Gasteiger partial charge in [-0.2, -0.15) is 0 Å². The lowest BCUT2D eigenvalue weighted by Gasteiger charge is -2.22. The van der Waals surface area contributed by atoms with E-state index in [0.29, 0.717) is 22.7 Å². The van der Waals surface area contributed by atoms with Gasteiger partial charge in [-0.25, -0.2) is 23.7 Å². The fraction of sp³-hybridized carbons (Fsp3) is 0.308. The van der Waals surface area contributed by atoms with Crippen molar-refractivity contribution in [1.29, 1.82) is 0 Å². The second-order valence-electron chi connectivity index (χ2n) is 9.29. The number of nitrogens with zero attached hydrogens (tertiary/aromatic N) is 4. The number of nitrogens with one attached hydrogen (secondary N) is 2. The molecule has 3 aromatic heterocycles. The lowest BCUT2D eigenvalue weighted by Crippen LogP contribution is -2.26. The summed E-state index contributed by atoms with van der Waals surface area (Å²) in [6, 6.07) is 8.26. The van der Waals surface area contributed by atoms with E-state index in [4.69, 9.17) is 0 Å². The van der Waals surface area contributed by atoms with E-state index >= 15 is 0 Å². The molecule has 1 aliphatic heterocycles. The molecule has 0 atom stereocenters. The highest BCUT2D eigenvalue weighted by Crippen LogP contribution is 2.33. The Labute approximate surface area is 238 Å². The Bertz CT molecular complexity index is 1380. The van der Waals surface area contributed by atoms with E-state index in [-0.39, 0.29) is 59.9 Å². The summed E-state index contributed by atoms with van der Waals surface area (Å²) < 4.78 is 29.7. The molecular weight excluding hydrogens is 557 g/mol. The molecule has 12 heteroatoms. The van der Waals surface area contributed by atoms with Gasteiger partial charge in [-0.1, -0.05) is 6.07 Å². The number of aromatic nitrogens is 4. The van der Waals surface area contributed by atoms with Crippen molar-refractivity contribution < 1.29 is 13.9 Å². The second kappa shape index (κ2) is 12.9. The van der Waals surface area contributed by atoms with Gasteiger partial charge in [0.15, 0.2) is 5.82 Å². The van der Waals surface area contributed by atoms with Crippen molar-refractivity contribution >= 4 is 59.9 Å². The zero-order valence-corrected chi connectivity index (χ0v) is 23.2. The Kier molecular flexibility index (Phi) is 10.7. The van der Waals surface area contributed by atoms with E-state index in [2.05, 4.69) is 30.6 Å². The van der Waals surface area contributed by atoms with Gasteiger partial charge >= 0.3 is 0 Å². The standard InChI is InChI=1S/C26H26F2N6O.3ClH/c1-26(2,35)19-7-10-30-24-18(19)11-17(12-20(24)27)23-21(28)14-32-25(34-23)33-22-4-3-16(13-31-22)15-5-8-29-9-6-15;;;/h3-4,7,10-15,29,35H,5-6,8-9H2,1-2H3,(H,31,32,33,34);3*1H. The molecule has 7 nitrogen and oxygen atoms in total. The van der Waals surface area contributed by atoms with E-state index < -0.39 is 17.2 Å². The third-order valence-corrected chi connectivity index (χ3v) is 6.31. The monoisotopic (exact) mass is 584 g/mol. The summed E-state index contributed by atoms with van der Waals surface area (Å²) in [6.45, 7) is 5.20. The highest BCUT2D eigenvalue weighted by atomic mass is 35.5.